The van der Waals surface area contributed by atoms with Gasteiger partial charge >= 0.3 is 5.97 Å². The van der Waals surface area contributed by atoms with Gasteiger partial charge in [0.1, 0.15) is 15.5 Å². The third-order valence-electron chi connectivity index (χ3n) is 4.25. The third kappa shape index (κ3) is 4.37. The molecule has 3 rings (SSSR count). The molecule has 0 amide bonds. The lowest BCUT2D eigenvalue weighted by Crippen LogP contribution is -2.24. The van der Waals surface area contributed by atoms with Crippen LogP contribution in [0.15, 0.2) is 35.4 Å². The average molecular weight is 414 g/mol. The second-order valence-corrected chi connectivity index (χ2v) is 7.75. The van der Waals surface area contributed by atoms with E-state index < -0.39 is 5.97 Å². The third-order valence-corrected chi connectivity index (χ3v) is 5.43. The first-order valence-electron chi connectivity index (χ1n) is 9.27. The van der Waals surface area contributed by atoms with Crippen molar-refractivity contribution in [1.29, 1.82) is 0 Å². The number of carbonyl (C=O) groups excluding carboxylic acids is 2. The first-order chi connectivity index (χ1) is 13.8. The summed E-state index contributed by atoms with van der Waals surface area (Å²) in [5.74, 6) is -0.0143. The van der Waals surface area contributed by atoms with Gasteiger partial charge in [0.25, 0.3) is 5.56 Å². The molecule has 0 N–H and O–H groups in total. The Morgan fingerprint density at radius 1 is 1.21 bits per heavy atom. The van der Waals surface area contributed by atoms with E-state index in [0.29, 0.717) is 38.6 Å². The lowest BCUT2D eigenvalue weighted by Gasteiger charge is -2.07. The second-order valence-electron chi connectivity index (χ2n) is 6.75. The number of rotatable bonds is 7. The molecule has 0 fully saturated rings. The predicted octanol–water partition coefficient (Wildman–Crippen LogP) is 3.61. The highest BCUT2D eigenvalue weighted by molar-refractivity contribution is 7.20. The Bertz CT molecular complexity index is 1110. The molecule has 0 aliphatic carbocycles. The summed E-state index contributed by atoms with van der Waals surface area (Å²) in [6, 6.07) is 6.77. The van der Waals surface area contributed by atoms with Gasteiger partial charge in [-0.25, -0.2) is 9.78 Å². The van der Waals surface area contributed by atoms with Crippen LogP contribution in [0.1, 0.15) is 46.4 Å². The number of hydrogen-bond donors (Lipinski definition) is 0. The van der Waals surface area contributed by atoms with E-state index in [1.807, 2.05) is 6.92 Å². The van der Waals surface area contributed by atoms with E-state index in [1.54, 1.807) is 45.0 Å². The van der Waals surface area contributed by atoms with Gasteiger partial charge in [0.2, 0.25) is 0 Å². The van der Waals surface area contributed by atoms with Crippen LogP contribution in [0.2, 0.25) is 0 Å². The summed E-state index contributed by atoms with van der Waals surface area (Å²) in [6.45, 7) is 7.50. The van der Waals surface area contributed by atoms with Gasteiger partial charge in [0.15, 0.2) is 5.78 Å². The van der Waals surface area contributed by atoms with Crippen LogP contribution < -0.4 is 10.3 Å². The van der Waals surface area contributed by atoms with Gasteiger partial charge in [0.05, 0.1) is 31.0 Å². The highest BCUT2D eigenvalue weighted by Gasteiger charge is 2.21. The molecule has 0 atom stereocenters. The fourth-order valence-corrected chi connectivity index (χ4v) is 3.91. The van der Waals surface area contributed by atoms with Crippen molar-refractivity contribution in [1.82, 2.24) is 9.55 Å². The molecule has 29 heavy (non-hydrogen) atoms. The summed E-state index contributed by atoms with van der Waals surface area (Å²) in [6.07, 6.45) is 1.08. The molecule has 0 radical (unpaired) electrons. The molecule has 0 aliphatic rings. The zero-order valence-electron chi connectivity index (χ0n) is 16.7. The van der Waals surface area contributed by atoms with Crippen LogP contribution in [0.4, 0.5) is 0 Å². The lowest BCUT2D eigenvalue weighted by atomic mass is 10.1. The van der Waals surface area contributed by atoms with E-state index in [4.69, 9.17) is 9.47 Å². The first-order valence-corrected chi connectivity index (χ1v) is 10.1. The van der Waals surface area contributed by atoms with Crippen molar-refractivity contribution >= 4 is 33.3 Å². The molecule has 0 bridgehead atoms. The molecule has 0 spiro atoms. The number of nitrogens with zero attached hydrogens (tertiary/aromatic N) is 2. The van der Waals surface area contributed by atoms with Crippen LogP contribution in [-0.2, 0) is 11.3 Å². The van der Waals surface area contributed by atoms with Crippen molar-refractivity contribution in [2.75, 3.05) is 6.61 Å². The number of thiophene rings is 1. The number of ketones is 1. The van der Waals surface area contributed by atoms with E-state index in [2.05, 4.69) is 4.98 Å². The smallest absolute Gasteiger partial charge is 0.348 e. The number of hydrogen-bond acceptors (Lipinski definition) is 7. The Morgan fingerprint density at radius 3 is 2.52 bits per heavy atom. The number of aryl methyl sites for hydroxylation is 1. The number of carbonyl (C=O) groups is 2. The van der Waals surface area contributed by atoms with Crippen LogP contribution in [0.5, 0.6) is 5.75 Å². The van der Waals surface area contributed by atoms with Crippen molar-refractivity contribution in [3.8, 4) is 5.75 Å². The van der Waals surface area contributed by atoms with Crippen LogP contribution >= 0.6 is 11.3 Å². The maximum Gasteiger partial charge on any atom is 0.348 e. The van der Waals surface area contributed by atoms with Gasteiger partial charge < -0.3 is 9.47 Å². The van der Waals surface area contributed by atoms with E-state index in [9.17, 15) is 14.4 Å². The number of ether oxygens (including phenoxy) is 2. The Morgan fingerprint density at radius 2 is 1.90 bits per heavy atom. The molecule has 3 aromatic rings. The number of benzene rings is 1. The topological polar surface area (TPSA) is 87.5 Å². The Labute approximate surface area is 171 Å². The van der Waals surface area contributed by atoms with E-state index >= 15 is 0 Å². The molecule has 2 heterocycles. The summed E-state index contributed by atoms with van der Waals surface area (Å²) >= 11 is 1.12. The number of Topliss-reactive ketones (excluding diaryl/α,β-unsaturated/α-hetero) is 1. The fraction of sp³-hybridized carbons (Fsp3) is 0.333. The fourth-order valence-electron chi connectivity index (χ4n) is 2.88. The van der Waals surface area contributed by atoms with Gasteiger partial charge in [-0.05, 0) is 57.5 Å². The van der Waals surface area contributed by atoms with Crippen molar-refractivity contribution in [2.24, 2.45) is 0 Å². The van der Waals surface area contributed by atoms with Crippen LogP contribution in [0.3, 0.4) is 0 Å². The van der Waals surface area contributed by atoms with Gasteiger partial charge in [-0.2, -0.15) is 0 Å². The van der Waals surface area contributed by atoms with Gasteiger partial charge in [-0.15, -0.1) is 11.3 Å². The van der Waals surface area contributed by atoms with Crippen molar-refractivity contribution < 1.29 is 19.1 Å². The molecular formula is C21H22N2O5S. The Balaban J connectivity index is 1.89. The number of aromatic nitrogens is 2. The van der Waals surface area contributed by atoms with Gasteiger partial charge in [-0.3, -0.25) is 14.2 Å². The minimum Gasteiger partial charge on any atom is -0.494 e. The van der Waals surface area contributed by atoms with Crippen LogP contribution in [-0.4, -0.2) is 34.0 Å². The monoisotopic (exact) mass is 414 g/mol. The molecule has 2 aromatic heterocycles. The number of fused-ring (bicyclic) bond motifs is 1. The van der Waals surface area contributed by atoms with Gasteiger partial charge in [0, 0.05) is 5.56 Å². The maximum absolute atomic E-state index is 12.9. The normalized spacial score (nSPS) is 11.1. The standard InChI is InChI=1S/C21H22N2O5S/c1-5-27-15-8-6-14(7-9-15)16(24)10-23-11-22-19-17(20(23)25)13(4)18(29-19)21(26)28-12(2)3/h6-9,11-12H,5,10H2,1-4H3. The SMILES string of the molecule is CCOc1ccc(C(=O)Cn2cnc3sc(C(=O)OC(C)C)c(C)c3c2=O)cc1. The van der Waals surface area contributed by atoms with E-state index in [1.165, 1.54) is 10.9 Å². The largest absolute Gasteiger partial charge is 0.494 e. The van der Waals surface area contributed by atoms with E-state index in [-0.39, 0.29) is 24.0 Å². The summed E-state index contributed by atoms with van der Waals surface area (Å²) in [5.41, 5.74) is 0.645. The maximum atomic E-state index is 12.9. The van der Waals surface area contributed by atoms with Crippen LogP contribution in [0.25, 0.3) is 10.2 Å². The quantitative estimate of drug-likeness (QED) is 0.434. The molecule has 0 saturated heterocycles. The highest BCUT2D eigenvalue weighted by atomic mass is 32.1. The first kappa shape index (κ1) is 20.7. The zero-order chi connectivity index (χ0) is 21.1. The van der Waals surface area contributed by atoms with Gasteiger partial charge in [-0.1, -0.05) is 0 Å². The summed E-state index contributed by atoms with van der Waals surface area (Å²) in [4.78, 5) is 42.9. The molecule has 152 valence electrons. The molecular weight excluding hydrogens is 392 g/mol. The van der Waals surface area contributed by atoms with Crippen molar-refractivity contribution in [3.05, 3.63) is 57.0 Å². The molecule has 0 saturated carbocycles. The summed E-state index contributed by atoms with van der Waals surface area (Å²) < 4.78 is 11.9. The molecule has 0 unspecified atom stereocenters. The molecule has 8 heteroatoms. The second kappa shape index (κ2) is 8.57. The molecule has 7 nitrogen and oxygen atoms in total. The Kier molecular flexibility index (Phi) is 6.12. The van der Waals surface area contributed by atoms with Crippen molar-refractivity contribution in [2.45, 2.75) is 40.3 Å². The minimum absolute atomic E-state index is 0.142. The van der Waals surface area contributed by atoms with E-state index in [0.717, 1.165) is 11.3 Å². The number of esters is 1. The van der Waals surface area contributed by atoms with Crippen molar-refractivity contribution in [3.63, 3.8) is 0 Å². The molecule has 0 aliphatic heterocycles. The predicted molar refractivity (Wildman–Crippen MR) is 111 cm³/mol. The molecule has 1 aromatic carbocycles. The minimum atomic E-state index is -0.475. The lowest BCUT2D eigenvalue weighted by molar-refractivity contribution is 0.0383. The zero-order valence-corrected chi connectivity index (χ0v) is 17.5. The highest BCUT2D eigenvalue weighted by Crippen LogP contribution is 2.27. The average Bonchev–Trinajstić information content (AvgIpc) is 3.01. The summed E-state index contributed by atoms with van der Waals surface area (Å²) in [5, 5.41) is 0.340. The Hall–Kier alpha value is -3.00. The summed E-state index contributed by atoms with van der Waals surface area (Å²) in [7, 11) is 0. The van der Waals surface area contributed by atoms with Crippen LogP contribution in [0, 0.1) is 6.92 Å².